The van der Waals surface area contributed by atoms with Crippen LogP contribution < -0.4 is 5.32 Å². The number of sulfonamides is 1. The minimum absolute atomic E-state index is 0.140. The van der Waals surface area contributed by atoms with E-state index in [0.717, 1.165) is 31.5 Å². The summed E-state index contributed by atoms with van der Waals surface area (Å²) in [4.78, 5) is 0.429. The first kappa shape index (κ1) is 13.9. The predicted molar refractivity (Wildman–Crippen MR) is 80.4 cm³/mol. The summed E-state index contributed by atoms with van der Waals surface area (Å²) in [5, 5.41) is 3.25. The first-order chi connectivity index (χ1) is 9.50. The van der Waals surface area contributed by atoms with Gasteiger partial charge >= 0.3 is 0 Å². The summed E-state index contributed by atoms with van der Waals surface area (Å²) in [6.07, 6.45) is 2.92. The van der Waals surface area contributed by atoms with Crippen molar-refractivity contribution in [1.82, 2.24) is 4.31 Å². The van der Waals surface area contributed by atoms with Gasteiger partial charge in [0.2, 0.25) is 10.0 Å². The molecule has 3 rings (SSSR count). The predicted octanol–water partition coefficient (Wildman–Crippen LogP) is 2.46. The molecule has 0 radical (unpaired) electrons. The molecular weight excluding hydrogens is 272 g/mol. The molecule has 1 saturated heterocycles. The summed E-state index contributed by atoms with van der Waals surface area (Å²) in [7, 11) is -3.36. The Kier molecular flexibility index (Phi) is 3.50. The average molecular weight is 294 g/mol. The molecule has 20 heavy (non-hydrogen) atoms. The summed E-state index contributed by atoms with van der Waals surface area (Å²) in [5.74, 6) is 0.361. The number of benzene rings is 1. The quantitative estimate of drug-likeness (QED) is 0.931. The lowest BCUT2D eigenvalue weighted by Crippen LogP contribution is -2.38. The Labute approximate surface area is 121 Å². The summed E-state index contributed by atoms with van der Waals surface area (Å²) >= 11 is 0. The average Bonchev–Trinajstić information content (AvgIpc) is 3.06. The molecular formula is C15H22N2O2S. The van der Waals surface area contributed by atoms with Crippen molar-refractivity contribution in [2.45, 2.75) is 44.0 Å². The van der Waals surface area contributed by atoms with Gasteiger partial charge < -0.3 is 5.32 Å². The number of hydrogen-bond acceptors (Lipinski definition) is 3. The zero-order valence-corrected chi connectivity index (χ0v) is 12.9. The van der Waals surface area contributed by atoms with E-state index in [4.69, 9.17) is 0 Å². The Morgan fingerprint density at radius 1 is 1.35 bits per heavy atom. The molecule has 1 atom stereocenters. The third-order valence-corrected chi connectivity index (χ3v) is 6.34. The first-order valence-corrected chi connectivity index (χ1v) is 8.83. The van der Waals surface area contributed by atoms with Crippen molar-refractivity contribution in [3.05, 3.63) is 23.8 Å². The van der Waals surface area contributed by atoms with Crippen molar-refractivity contribution >= 4 is 15.7 Å². The topological polar surface area (TPSA) is 49.4 Å². The van der Waals surface area contributed by atoms with Crippen molar-refractivity contribution in [3.8, 4) is 0 Å². The lowest BCUT2D eigenvalue weighted by Gasteiger charge is -2.27. The van der Waals surface area contributed by atoms with E-state index in [1.807, 2.05) is 6.07 Å². The van der Waals surface area contributed by atoms with Gasteiger partial charge in [0, 0.05) is 24.8 Å². The van der Waals surface area contributed by atoms with E-state index in [2.05, 4.69) is 19.2 Å². The second-order valence-electron chi connectivity index (χ2n) is 6.07. The Morgan fingerprint density at radius 2 is 2.15 bits per heavy atom. The van der Waals surface area contributed by atoms with Crippen LogP contribution in [0.1, 0.15) is 32.3 Å². The van der Waals surface area contributed by atoms with E-state index in [1.165, 1.54) is 5.56 Å². The molecule has 5 heteroatoms. The highest BCUT2D eigenvalue weighted by Gasteiger charge is 2.37. The maximum Gasteiger partial charge on any atom is 0.243 e. The van der Waals surface area contributed by atoms with Crippen molar-refractivity contribution < 1.29 is 8.42 Å². The molecule has 2 aliphatic rings. The Hall–Kier alpha value is -1.07. The molecule has 1 unspecified atom stereocenters. The highest BCUT2D eigenvalue weighted by atomic mass is 32.2. The molecule has 1 N–H and O–H groups in total. The van der Waals surface area contributed by atoms with E-state index < -0.39 is 10.0 Å². The van der Waals surface area contributed by atoms with Gasteiger partial charge in [-0.3, -0.25) is 0 Å². The normalized spacial score (nSPS) is 23.1. The second kappa shape index (κ2) is 5.04. The monoisotopic (exact) mass is 294 g/mol. The minimum Gasteiger partial charge on any atom is -0.384 e. The highest BCUT2D eigenvalue weighted by Crippen LogP contribution is 2.32. The van der Waals surface area contributed by atoms with Gasteiger partial charge in [-0.05, 0) is 42.9 Å². The molecule has 2 aliphatic heterocycles. The zero-order valence-electron chi connectivity index (χ0n) is 12.1. The Bertz CT molecular complexity index is 610. The third-order valence-electron chi connectivity index (χ3n) is 4.42. The number of fused-ring (bicyclic) bond motifs is 1. The van der Waals surface area contributed by atoms with E-state index >= 15 is 0 Å². The molecule has 110 valence electrons. The molecule has 2 heterocycles. The molecule has 0 bridgehead atoms. The van der Waals surface area contributed by atoms with Gasteiger partial charge in [-0.15, -0.1) is 0 Å². The molecule has 4 nitrogen and oxygen atoms in total. The summed E-state index contributed by atoms with van der Waals surface area (Å²) in [5.41, 5.74) is 2.19. The van der Waals surface area contributed by atoms with Crippen LogP contribution in [-0.4, -0.2) is 31.9 Å². The highest BCUT2D eigenvalue weighted by molar-refractivity contribution is 7.89. The van der Waals surface area contributed by atoms with Crippen LogP contribution >= 0.6 is 0 Å². The third kappa shape index (κ3) is 2.23. The van der Waals surface area contributed by atoms with E-state index in [-0.39, 0.29) is 6.04 Å². The van der Waals surface area contributed by atoms with Crippen molar-refractivity contribution in [1.29, 1.82) is 0 Å². The standard InChI is InChI=1S/C15H22N2O2S/c1-11(2)15-4-3-9-17(15)20(18,19)13-6-5-12-7-8-16-14(12)10-13/h5-6,10-11,15-16H,3-4,7-9H2,1-2H3. The lowest BCUT2D eigenvalue weighted by molar-refractivity contribution is 0.316. The maximum atomic E-state index is 12.8. The van der Waals surface area contributed by atoms with Gasteiger partial charge in [0.05, 0.1) is 4.90 Å². The number of nitrogens with zero attached hydrogens (tertiary/aromatic N) is 1. The first-order valence-electron chi connectivity index (χ1n) is 7.39. The van der Waals surface area contributed by atoms with Gasteiger partial charge in [0.1, 0.15) is 0 Å². The molecule has 0 aliphatic carbocycles. The van der Waals surface area contributed by atoms with E-state index in [9.17, 15) is 8.42 Å². The SMILES string of the molecule is CC(C)C1CCCN1S(=O)(=O)c1ccc2c(c1)NCC2. The fraction of sp³-hybridized carbons (Fsp3) is 0.600. The maximum absolute atomic E-state index is 12.8. The summed E-state index contributed by atoms with van der Waals surface area (Å²) < 4.78 is 27.4. The zero-order chi connectivity index (χ0) is 14.3. The van der Waals surface area contributed by atoms with Crippen molar-refractivity contribution in [2.75, 3.05) is 18.4 Å². The number of hydrogen-bond donors (Lipinski definition) is 1. The molecule has 1 fully saturated rings. The van der Waals surface area contributed by atoms with Crippen molar-refractivity contribution in [2.24, 2.45) is 5.92 Å². The minimum atomic E-state index is -3.36. The van der Waals surface area contributed by atoms with Gasteiger partial charge in [0.25, 0.3) is 0 Å². The van der Waals surface area contributed by atoms with Crippen LogP contribution in [0, 0.1) is 5.92 Å². The smallest absolute Gasteiger partial charge is 0.243 e. The molecule has 1 aromatic carbocycles. The van der Waals surface area contributed by atoms with E-state index in [1.54, 1.807) is 16.4 Å². The van der Waals surface area contributed by atoms with Crippen LogP contribution in [0.4, 0.5) is 5.69 Å². The number of anilines is 1. The van der Waals surface area contributed by atoms with Crippen LogP contribution in [0.3, 0.4) is 0 Å². The molecule has 0 spiro atoms. The summed E-state index contributed by atoms with van der Waals surface area (Å²) in [6.45, 7) is 5.75. The van der Waals surface area contributed by atoms with Crippen LogP contribution in [0.5, 0.6) is 0 Å². The molecule has 0 aromatic heterocycles. The summed E-state index contributed by atoms with van der Waals surface area (Å²) in [6, 6.07) is 5.65. The second-order valence-corrected chi connectivity index (χ2v) is 7.96. The fourth-order valence-electron chi connectivity index (χ4n) is 3.30. The van der Waals surface area contributed by atoms with Crippen LogP contribution in [0.25, 0.3) is 0 Å². The lowest BCUT2D eigenvalue weighted by atomic mass is 10.0. The molecule has 0 saturated carbocycles. The Balaban J connectivity index is 1.95. The van der Waals surface area contributed by atoms with E-state index in [0.29, 0.717) is 17.4 Å². The van der Waals surface area contributed by atoms with Gasteiger partial charge in [-0.1, -0.05) is 19.9 Å². The molecule has 1 aromatic rings. The number of rotatable bonds is 3. The van der Waals surface area contributed by atoms with Gasteiger partial charge in [0.15, 0.2) is 0 Å². The molecule has 0 amide bonds. The Morgan fingerprint density at radius 3 is 2.90 bits per heavy atom. The van der Waals surface area contributed by atoms with Crippen LogP contribution in [0.2, 0.25) is 0 Å². The largest absolute Gasteiger partial charge is 0.384 e. The van der Waals surface area contributed by atoms with Gasteiger partial charge in [-0.2, -0.15) is 4.31 Å². The van der Waals surface area contributed by atoms with Gasteiger partial charge in [-0.25, -0.2) is 8.42 Å². The fourth-order valence-corrected chi connectivity index (χ4v) is 5.15. The van der Waals surface area contributed by atoms with Crippen molar-refractivity contribution in [3.63, 3.8) is 0 Å². The number of nitrogens with one attached hydrogen (secondary N) is 1. The van der Waals surface area contributed by atoms with Crippen LogP contribution in [-0.2, 0) is 16.4 Å². The van der Waals surface area contributed by atoms with Crippen LogP contribution in [0.15, 0.2) is 23.1 Å².